The van der Waals surface area contributed by atoms with Gasteiger partial charge in [-0.05, 0) is 64.7 Å². The van der Waals surface area contributed by atoms with Gasteiger partial charge in [-0.1, -0.05) is 25.5 Å². The van der Waals surface area contributed by atoms with Gasteiger partial charge in [-0.2, -0.15) is 0 Å². The van der Waals surface area contributed by atoms with E-state index in [1.54, 1.807) is 6.92 Å². The molecule has 1 N–H and O–H groups in total. The maximum Gasteiger partial charge on any atom is 0.352 e. The van der Waals surface area contributed by atoms with Crippen LogP contribution in [0.25, 0.3) is 0 Å². The first-order chi connectivity index (χ1) is 13.0. The van der Waals surface area contributed by atoms with Gasteiger partial charge in [0.25, 0.3) is 0 Å². The Morgan fingerprint density at radius 2 is 1.93 bits per heavy atom. The number of esters is 2. The Hall–Kier alpha value is -1.69. The lowest BCUT2D eigenvalue weighted by Gasteiger charge is -2.60. The van der Waals surface area contributed by atoms with Crippen LogP contribution in [-0.2, 0) is 23.9 Å². The molecule has 1 spiro atoms. The summed E-state index contributed by atoms with van der Waals surface area (Å²) in [6.45, 7) is 10.8. The number of ketones is 1. The molecule has 0 radical (unpaired) electrons. The van der Waals surface area contributed by atoms with Gasteiger partial charge < -0.3 is 14.6 Å². The summed E-state index contributed by atoms with van der Waals surface area (Å²) >= 11 is 0. The van der Waals surface area contributed by atoms with Gasteiger partial charge in [-0.15, -0.1) is 0 Å². The molecule has 2 saturated carbocycles. The maximum absolute atomic E-state index is 13.9. The second kappa shape index (κ2) is 6.68. The van der Waals surface area contributed by atoms with Crippen LogP contribution in [-0.4, -0.2) is 40.6 Å². The zero-order valence-electron chi connectivity index (χ0n) is 17.7. The molecule has 0 aromatic carbocycles. The number of aliphatic hydroxyl groups is 1. The monoisotopic (exact) mass is 392 g/mol. The molecule has 1 saturated heterocycles. The first-order valence-electron chi connectivity index (χ1n) is 10.3. The number of allylic oxidation sites excluding steroid dienone is 2. The van der Waals surface area contributed by atoms with Crippen molar-refractivity contribution in [2.24, 2.45) is 29.1 Å². The van der Waals surface area contributed by atoms with Crippen molar-refractivity contribution in [3.05, 3.63) is 11.6 Å². The van der Waals surface area contributed by atoms with Gasteiger partial charge in [0.05, 0.1) is 12.0 Å². The van der Waals surface area contributed by atoms with Crippen molar-refractivity contribution in [2.75, 3.05) is 6.61 Å². The fourth-order valence-corrected chi connectivity index (χ4v) is 6.26. The van der Waals surface area contributed by atoms with Crippen LogP contribution in [0.5, 0.6) is 0 Å². The van der Waals surface area contributed by atoms with Crippen LogP contribution in [0.4, 0.5) is 0 Å². The fourth-order valence-electron chi connectivity index (χ4n) is 6.26. The molecule has 0 aromatic heterocycles. The van der Waals surface area contributed by atoms with Crippen LogP contribution in [0.1, 0.15) is 60.8 Å². The number of Topliss-reactive ketones (excluding diaryl/α,β-unsaturated/α-hetero) is 1. The molecule has 0 amide bonds. The Morgan fingerprint density at radius 3 is 2.50 bits per heavy atom. The van der Waals surface area contributed by atoms with E-state index in [9.17, 15) is 19.5 Å². The van der Waals surface area contributed by atoms with Gasteiger partial charge in [0, 0.05) is 5.92 Å². The summed E-state index contributed by atoms with van der Waals surface area (Å²) in [6, 6.07) is 0. The molecule has 28 heavy (non-hydrogen) atoms. The van der Waals surface area contributed by atoms with Crippen molar-refractivity contribution < 1.29 is 29.0 Å². The van der Waals surface area contributed by atoms with Crippen molar-refractivity contribution in [3.63, 3.8) is 0 Å². The number of ether oxygens (including phenoxy) is 2. The van der Waals surface area contributed by atoms with Gasteiger partial charge in [-0.25, -0.2) is 9.59 Å². The molecule has 1 aliphatic heterocycles. The number of hydrogen-bond acceptors (Lipinski definition) is 6. The smallest absolute Gasteiger partial charge is 0.352 e. The second-order valence-electron chi connectivity index (χ2n) is 9.26. The average molecular weight is 392 g/mol. The van der Waals surface area contributed by atoms with Crippen LogP contribution in [0, 0.1) is 29.1 Å². The quantitative estimate of drug-likeness (QED) is 0.451. The molecule has 3 aliphatic rings. The van der Waals surface area contributed by atoms with Crippen molar-refractivity contribution >= 4 is 17.7 Å². The van der Waals surface area contributed by atoms with E-state index in [4.69, 9.17) is 9.47 Å². The standard InChI is InChI=1S/C22H32O6/c1-7-27-19(25)22-14(5)8-9-16-13(4)11-15(10-12(2)3)21(16,22)17(23)20(6,26)18(24)28-22/h10,13-16,26H,7-9,11H2,1-6H3/t13-,14-,15+,16+,20-,21-,22+/m0/s1. The fraction of sp³-hybridized carbons (Fsp3) is 0.773. The van der Waals surface area contributed by atoms with Gasteiger partial charge in [-0.3, -0.25) is 4.79 Å². The Balaban J connectivity index is 2.37. The molecule has 2 aliphatic carbocycles. The third kappa shape index (κ3) is 2.39. The summed E-state index contributed by atoms with van der Waals surface area (Å²) in [5.41, 5.74) is -4.27. The number of hydrogen-bond donors (Lipinski definition) is 1. The van der Waals surface area contributed by atoms with Crippen LogP contribution in [0.3, 0.4) is 0 Å². The molecule has 0 bridgehead atoms. The third-order valence-electron chi connectivity index (χ3n) is 7.28. The van der Waals surface area contributed by atoms with Crippen LogP contribution in [0.15, 0.2) is 11.6 Å². The zero-order chi connectivity index (χ0) is 21.1. The highest BCUT2D eigenvalue weighted by atomic mass is 16.6. The van der Waals surface area contributed by atoms with E-state index >= 15 is 0 Å². The Bertz CT molecular complexity index is 733. The van der Waals surface area contributed by atoms with Crippen LogP contribution >= 0.6 is 0 Å². The summed E-state index contributed by atoms with van der Waals surface area (Å²) in [7, 11) is 0. The summed E-state index contributed by atoms with van der Waals surface area (Å²) in [4.78, 5) is 40.0. The SMILES string of the molecule is CCOC(=O)[C@@]12OC(=O)[C@@](C)(O)C(=O)[C@@]13[C@H](C=C(C)C)C[C@H](C)[C@H]3CC[C@@H]2C. The van der Waals surface area contributed by atoms with E-state index in [2.05, 4.69) is 6.92 Å². The lowest BCUT2D eigenvalue weighted by Crippen LogP contribution is -2.78. The first kappa shape index (κ1) is 21.0. The summed E-state index contributed by atoms with van der Waals surface area (Å²) in [6.07, 6.45) is 4.11. The number of rotatable bonds is 3. The summed E-state index contributed by atoms with van der Waals surface area (Å²) < 4.78 is 11.2. The molecular formula is C22H32O6. The molecule has 156 valence electrons. The second-order valence-corrected chi connectivity index (χ2v) is 9.26. The van der Waals surface area contributed by atoms with Crippen LogP contribution < -0.4 is 0 Å². The molecule has 3 fully saturated rings. The van der Waals surface area contributed by atoms with Crippen molar-refractivity contribution in [1.29, 1.82) is 0 Å². The lowest BCUT2D eigenvalue weighted by molar-refractivity contribution is -0.255. The van der Waals surface area contributed by atoms with E-state index in [-0.39, 0.29) is 30.3 Å². The van der Waals surface area contributed by atoms with Crippen molar-refractivity contribution in [3.8, 4) is 0 Å². The molecular weight excluding hydrogens is 360 g/mol. The Morgan fingerprint density at radius 1 is 1.29 bits per heavy atom. The van der Waals surface area contributed by atoms with Gasteiger partial charge in [0.1, 0.15) is 0 Å². The van der Waals surface area contributed by atoms with Crippen molar-refractivity contribution in [2.45, 2.75) is 72.0 Å². The van der Waals surface area contributed by atoms with E-state index in [0.29, 0.717) is 12.8 Å². The molecule has 6 nitrogen and oxygen atoms in total. The third-order valence-corrected chi connectivity index (χ3v) is 7.28. The molecule has 1 heterocycles. The number of carbonyl (C=O) groups excluding carboxylic acids is 3. The summed E-state index contributed by atoms with van der Waals surface area (Å²) in [5.74, 6) is -3.02. The number of carbonyl (C=O) groups is 3. The predicted molar refractivity (Wildman–Crippen MR) is 102 cm³/mol. The molecule has 0 aromatic rings. The Labute approximate surface area is 166 Å². The van der Waals surface area contributed by atoms with Gasteiger partial charge in [0.2, 0.25) is 11.2 Å². The minimum absolute atomic E-state index is 0.124. The first-order valence-corrected chi connectivity index (χ1v) is 10.3. The molecule has 6 heteroatoms. The molecule has 0 unspecified atom stereocenters. The summed E-state index contributed by atoms with van der Waals surface area (Å²) in [5, 5.41) is 10.8. The minimum atomic E-state index is -2.27. The van der Waals surface area contributed by atoms with Crippen LogP contribution in [0.2, 0.25) is 0 Å². The highest BCUT2D eigenvalue weighted by Gasteiger charge is 2.81. The van der Waals surface area contributed by atoms with E-state index in [0.717, 1.165) is 12.0 Å². The zero-order valence-corrected chi connectivity index (χ0v) is 17.7. The van der Waals surface area contributed by atoms with E-state index in [1.807, 2.05) is 26.8 Å². The Kier molecular flexibility index (Phi) is 5.02. The molecule has 3 rings (SSSR count). The molecule has 7 atom stereocenters. The normalized spacial score (nSPS) is 45.0. The highest BCUT2D eigenvalue weighted by Crippen LogP contribution is 2.68. The van der Waals surface area contributed by atoms with E-state index in [1.165, 1.54) is 6.92 Å². The highest BCUT2D eigenvalue weighted by molar-refractivity contribution is 6.15. The maximum atomic E-state index is 13.9. The topological polar surface area (TPSA) is 89.9 Å². The van der Waals surface area contributed by atoms with Crippen molar-refractivity contribution in [1.82, 2.24) is 0 Å². The predicted octanol–water partition coefficient (Wildman–Crippen LogP) is 2.82. The van der Waals surface area contributed by atoms with Gasteiger partial charge >= 0.3 is 11.9 Å². The van der Waals surface area contributed by atoms with Gasteiger partial charge in [0.15, 0.2) is 5.78 Å². The lowest BCUT2D eigenvalue weighted by atomic mass is 9.47. The van der Waals surface area contributed by atoms with E-state index < -0.39 is 34.3 Å². The minimum Gasteiger partial charge on any atom is -0.463 e. The largest absolute Gasteiger partial charge is 0.463 e. The average Bonchev–Trinajstić information content (AvgIpc) is 2.87.